The van der Waals surface area contributed by atoms with E-state index >= 15 is 52.7 Å². The third-order valence-corrected chi connectivity index (χ3v) is 13.7. The first kappa shape index (κ1) is 38.3. The molecule has 0 N–H and O–H groups in total. The highest BCUT2D eigenvalue weighted by Crippen LogP contribution is 2.65. The summed E-state index contributed by atoms with van der Waals surface area (Å²) < 4.78 is 195. The molecule has 0 spiro atoms. The molecular formula is C46H27B2F12N. The highest BCUT2D eigenvalue weighted by atomic mass is 19.4. The first-order valence-electron chi connectivity index (χ1n) is 19.4. The summed E-state index contributed by atoms with van der Waals surface area (Å²) in [5.41, 5.74) is -5.19. The van der Waals surface area contributed by atoms with Crippen LogP contribution in [0.1, 0.15) is 44.5 Å². The van der Waals surface area contributed by atoms with Gasteiger partial charge in [-0.05, 0) is 72.8 Å². The fraction of sp³-hybridized carbons (Fsp3) is 0.217. The van der Waals surface area contributed by atoms with Crippen LogP contribution in [0.2, 0.25) is 0 Å². The molecule has 306 valence electrons. The van der Waals surface area contributed by atoms with Gasteiger partial charge in [0.05, 0.1) is 0 Å². The van der Waals surface area contributed by atoms with Crippen molar-refractivity contribution in [3.05, 3.63) is 136 Å². The molecule has 0 saturated carbocycles. The average Bonchev–Trinajstić information content (AvgIpc) is 3.61. The van der Waals surface area contributed by atoms with Gasteiger partial charge in [-0.15, -0.1) is 0 Å². The summed E-state index contributed by atoms with van der Waals surface area (Å²) in [5, 5.41) is -1.06. The molecule has 0 atom stereocenters. The molecule has 1 aromatic heterocycles. The zero-order valence-electron chi connectivity index (χ0n) is 32.3. The van der Waals surface area contributed by atoms with E-state index in [2.05, 4.69) is 0 Å². The van der Waals surface area contributed by atoms with E-state index in [4.69, 9.17) is 0 Å². The number of fused-ring (bicyclic) bond motifs is 5. The highest BCUT2D eigenvalue weighted by Gasteiger charge is 2.81. The molecule has 0 radical (unpaired) electrons. The minimum atomic E-state index is -5.98. The molecule has 3 heterocycles. The van der Waals surface area contributed by atoms with E-state index in [0.29, 0.717) is 56.4 Å². The number of aryl methyl sites for hydroxylation is 4. The monoisotopic (exact) mass is 843 g/mol. The largest absolute Gasteiger partial charge is 0.380 e. The van der Waals surface area contributed by atoms with Gasteiger partial charge in [0.1, 0.15) is 0 Å². The van der Waals surface area contributed by atoms with Crippen molar-refractivity contribution in [1.29, 1.82) is 0 Å². The first-order valence-corrected chi connectivity index (χ1v) is 19.4. The Balaban J connectivity index is 1.48. The SMILES string of the molecule is Cc1cccc(C)c1B1c2cc(-c3ccccc3)cc3c2-n2c4c1c1c(cc4c4cc5c(c(c42)B3c2c(C)cccc2C)C(F)(F)C(F)(F)C5(F)F)C(F)(F)C(F)(F)C1(F)F. The molecule has 61 heavy (non-hydrogen) atoms. The van der Waals surface area contributed by atoms with E-state index in [1.165, 1.54) is 4.57 Å². The van der Waals surface area contributed by atoms with E-state index < -0.39 is 92.9 Å². The summed E-state index contributed by atoms with van der Waals surface area (Å²) in [6, 6.07) is 22.4. The van der Waals surface area contributed by atoms with Crippen LogP contribution in [-0.4, -0.2) is 29.8 Å². The smallest absolute Gasteiger partial charge is 0.311 e. The molecule has 0 amide bonds. The molecule has 15 heteroatoms. The zero-order chi connectivity index (χ0) is 43.5. The van der Waals surface area contributed by atoms with Crippen LogP contribution in [0.15, 0.2) is 91.0 Å². The predicted octanol–water partition coefficient (Wildman–Crippen LogP) is 9.01. The normalized spacial score (nSPS) is 19.9. The number of hydrogen-bond donors (Lipinski definition) is 0. The van der Waals surface area contributed by atoms with Crippen LogP contribution in [0.4, 0.5) is 52.7 Å². The van der Waals surface area contributed by atoms with Gasteiger partial charge < -0.3 is 4.57 Å². The zero-order valence-corrected chi connectivity index (χ0v) is 32.3. The van der Waals surface area contributed by atoms with Crippen LogP contribution in [0.5, 0.6) is 0 Å². The molecule has 2 aliphatic carbocycles. The van der Waals surface area contributed by atoms with Crippen LogP contribution < -0.4 is 32.8 Å². The van der Waals surface area contributed by atoms with Crippen molar-refractivity contribution >= 4 is 68.0 Å². The van der Waals surface area contributed by atoms with Crippen molar-refractivity contribution in [2.24, 2.45) is 0 Å². The lowest BCUT2D eigenvalue weighted by molar-refractivity contribution is -0.302. The van der Waals surface area contributed by atoms with Crippen molar-refractivity contribution in [3.8, 4) is 16.8 Å². The Bertz CT molecular complexity index is 2940. The van der Waals surface area contributed by atoms with Gasteiger partial charge in [0.15, 0.2) is 0 Å². The molecule has 0 unspecified atom stereocenters. The van der Waals surface area contributed by atoms with Crippen molar-refractivity contribution in [2.75, 3.05) is 0 Å². The maximum Gasteiger partial charge on any atom is 0.380 e. The molecule has 0 saturated heterocycles. The highest BCUT2D eigenvalue weighted by molar-refractivity contribution is 7.02. The van der Waals surface area contributed by atoms with Crippen LogP contribution in [-0.2, 0) is 23.7 Å². The lowest BCUT2D eigenvalue weighted by atomic mass is 9.29. The Morgan fingerprint density at radius 3 is 1.16 bits per heavy atom. The number of benzene rings is 6. The number of halogens is 12. The summed E-state index contributed by atoms with van der Waals surface area (Å²) in [5.74, 6) is -34.0. The third kappa shape index (κ3) is 4.12. The van der Waals surface area contributed by atoms with Gasteiger partial charge >= 0.3 is 35.5 Å². The van der Waals surface area contributed by atoms with Crippen molar-refractivity contribution in [2.45, 2.75) is 63.2 Å². The first-order chi connectivity index (χ1) is 28.5. The van der Waals surface area contributed by atoms with E-state index in [0.717, 1.165) is 0 Å². The van der Waals surface area contributed by atoms with Gasteiger partial charge in [-0.25, -0.2) is 0 Å². The Labute approximate surface area is 340 Å². The fourth-order valence-electron chi connectivity index (χ4n) is 11.0. The maximum absolute atomic E-state index is 16.6. The molecule has 11 rings (SSSR count). The average molecular weight is 843 g/mol. The van der Waals surface area contributed by atoms with Gasteiger partial charge in [-0.3, -0.25) is 0 Å². The van der Waals surface area contributed by atoms with Gasteiger partial charge in [0, 0.05) is 49.7 Å². The van der Waals surface area contributed by atoms with Gasteiger partial charge in [0.25, 0.3) is 0 Å². The minimum absolute atomic E-state index is 0.146. The Kier molecular flexibility index (Phi) is 7.08. The van der Waals surface area contributed by atoms with Gasteiger partial charge in [0.2, 0.25) is 13.4 Å². The predicted molar refractivity (Wildman–Crippen MR) is 213 cm³/mol. The van der Waals surface area contributed by atoms with E-state index in [1.807, 2.05) is 0 Å². The molecule has 2 aliphatic heterocycles. The quantitative estimate of drug-likeness (QED) is 0.124. The summed E-state index contributed by atoms with van der Waals surface area (Å²) in [6.45, 7) is 3.59. The summed E-state index contributed by atoms with van der Waals surface area (Å²) in [6.07, 6.45) is 0. The molecule has 0 fully saturated rings. The standard InChI is InChI=1S/C46H27B2F12N/c1-20-10-8-11-21(2)34(20)47-30-16-25(24-14-6-5-7-15-24)17-31-40(30)61-38-26(18-28-32(36(38)47)43(53,54)45(57,58)41(28,49)50)27-19-29-33(44(55,56)46(59,60)42(29,51)52)37(39(27)61)48(31)35-22(3)12-9-13-23(35)4/h5-19H,1-4H3. The number of rotatable bonds is 3. The fourth-order valence-corrected chi connectivity index (χ4v) is 11.0. The van der Waals surface area contributed by atoms with Gasteiger partial charge in [-0.1, -0.05) is 112 Å². The Morgan fingerprint density at radius 2 is 0.787 bits per heavy atom. The topological polar surface area (TPSA) is 4.93 Å². The lowest BCUT2D eigenvalue weighted by Gasteiger charge is -2.38. The van der Waals surface area contributed by atoms with Crippen molar-refractivity contribution in [3.63, 3.8) is 0 Å². The van der Waals surface area contributed by atoms with Crippen LogP contribution in [0, 0.1) is 27.7 Å². The summed E-state index contributed by atoms with van der Waals surface area (Å²) in [7, 11) is 0. The molecule has 1 nitrogen and oxygen atoms in total. The van der Waals surface area contributed by atoms with Crippen LogP contribution in [0.3, 0.4) is 0 Å². The minimum Gasteiger partial charge on any atom is -0.311 e. The number of hydrogen-bond acceptors (Lipinski definition) is 0. The van der Waals surface area contributed by atoms with E-state index in [9.17, 15) is 0 Å². The number of alkyl halides is 12. The molecule has 6 aromatic carbocycles. The molecule has 0 bridgehead atoms. The second kappa shape index (κ2) is 11.3. The summed E-state index contributed by atoms with van der Waals surface area (Å²) >= 11 is 0. The number of nitrogens with zero attached hydrogens (tertiary/aromatic N) is 1. The molecule has 4 aliphatic rings. The number of aromatic nitrogens is 1. The van der Waals surface area contributed by atoms with Crippen LogP contribution >= 0.6 is 0 Å². The lowest BCUT2D eigenvalue weighted by Crippen LogP contribution is -2.66. The Hall–Kier alpha value is -5.59. The molecular weight excluding hydrogens is 816 g/mol. The van der Waals surface area contributed by atoms with Crippen LogP contribution in [0.25, 0.3) is 38.6 Å². The second-order valence-electron chi connectivity index (χ2n) is 16.8. The van der Waals surface area contributed by atoms with Gasteiger partial charge in [-0.2, -0.15) is 52.7 Å². The maximum atomic E-state index is 16.6. The third-order valence-electron chi connectivity index (χ3n) is 13.7. The second-order valence-corrected chi connectivity index (χ2v) is 16.8. The Morgan fingerprint density at radius 1 is 0.410 bits per heavy atom. The molecule has 7 aromatic rings. The summed E-state index contributed by atoms with van der Waals surface area (Å²) in [4.78, 5) is 0. The van der Waals surface area contributed by atoms with E-state index in [-0.39, 0.29) is 27.6 Å². The van der Waals surface area contributed by atoms with Crippen molar-refractivity contribution < 1.29 is 52.7 Å². The van der Waals surface area contributed by atoms with Crippen molar-refractivity contribution in [1.82, 2.24) is 4.57 Å². The van der Waals surface area contributed by atoms with E-state index in [1.54, 1.807) is 107 Å².